The predicted molar refractivity (Wildman–Crippen MR) is 117 cm³/mol. The number of hydrogen-bond donors (Lipinski definition) is 0. The molecule has 0 spiro atoms. The first-order valence-corrected chi connectivity index (χ1v) is 11.0. The summed E-state index contributed by atoms with van der Waals surface area (Å²) in [5.74, 6) is -0.505. The van der Waals surface area contributed by atoms with Gasteiger partial charge in [0.05, 0.1) is 30.2 Å². The third-order valence-corrected chi connectivity index (χ3v) is 6.96. The average Bonchev–Trinajstić information content (AvgIpc) is 3.17. The van der Waals surface area contributed by atoms with E-state index in [2.05, 4.69) is 0 Å². The molecular weight excluding hydrogens is 450 g/mol. The van der Waals surface area contributed by atoms with Gasteiger partial charge in [-0.05, 0) is 42.3 Å². The smallest absolute Gasteiger partial charge is 0.384 e. The van der Waals surface area contributed by atoms with Gasteiger partial charge < -0.3 is 14.5 Å². The van der Waals surface area contributed by atoms with Gasteiger partial charge in [-0.1, -0.05) is 12.1 Å². The van der Waals surface area contributed by atoms with Gasteiger partial charge in [0.2, 0.25) is 5.91 Å². The van der Waals surface area contributed by atoms with Crippen molar-refractivity contribution in [1.29, 1.82) is 5.26 Å². The van der Waals surface area contributed by atoms with Crippen LogP contribution in [-0.2, 0) is 22.1 Å². The first-order chi connectivity index (χ1) is 16.1. The summed E-state index contributed by atoms with van der Waals surface area (Å²) in [5.41, 5.74) is -0.639. The van der Waals surface area contributed by atoms with Gasteiger partial charge in [0.15, 0.2) is 0 Å². The number of fused-ring (bicyclic) bond motifs is 1. The van der Waals surface area contributed by atoms with Crippen molar-refractivity contribution < 1.29 is 27.1 Å². The van der Waals surface area contributed by atoms with Crippen molar-refractivity contribution >= 4 is 11.6 Å². The number of carbonyl (C=O) groups excluding carboxylic acids is 1. The molecule has 0 unspecified atom stereocenters. The van der Waals surface area contributed by atoms with Crippen molar-refractivity contribution in [2.45, 2.75) is 19.0 Å². The van der Waals surface area contributed by atoms with Crippen LogP contribution < -0.4 is 4.90 Å². The van der Waals surface area contributed by atoms with Crippen molar-refractivity contribution in [1.82, 2.24) is 4.90 Å². The van der Waals surface area contributed by atoms with Gasteiger partial charge >= 0.3 is 6.18 Å². The summed E-state index contributed by atoms with van der Waals surface area (Å²) in [4.78, 5) is 16.6. The van der Waals surface area contributed by atoms with Crippen molar-refractivity contribution in [3.63, 3.8) is 0 Å². The van der Waals surface area contributed by atoms with Crippen molar-refractivity contribution in [3.8, 4) is 6.07 Å². The molecule has 2 saturated heterocycles. The molecule has 0 saturated carbocycles. The molecule has 0 aromatic heterocycles. The number of ether oxygens (including phenoxy) is 1. The molecule has 34 heavy (non-hydrogen) atoms. The van der Waals surface area contributed by atoms with Gasteiger partial charge in [0, 0.05) is 50.3 Å². The molecule has 2 aliphatic heterocycles. The van der Waals surface area contributed by atoms with Crippen LogP contribution in [0.15, 0.2) is 42.5 Å². The summed E-state index contributed by atoms with van der Waals surface area (Å²) in [5, 5.41) is 9.07. The van der Waals surface area contributed by atoms with E-state index in [1.807, 2.05) is 4.90 Å². The number of hydrogen-bond acceptors (Lipinski definition) is 4. The second-order valence-electron chi connectivity index (χ2n) is 9.11. The van der Waals surface area contributed by atoms with Gasteiger partial charge in [-0.15, -0.1) is 0 Å². The quantitative estimate of drug-likeness (QED) is 0.607. The molecule has 9 heteroatoms. The van der Waals surface area contributed by atoms with Crippen LogP contribution in [0.1, 0.15) is 23.1 Å². The number of rotatable bonds is 5. The number of likely N-dealkylation sites (tertiary alicyclic amines) is 1. The number of methoxy groups -OCH3 is 1. The Bertz CT molecular complexity index is 1110. The largest absolute Gasteiger partial charge is 0.417 e. The molecule has 2 aliphatic rings. The van der Waals surface area contributed by atoms with E-state index in [0.29, 0.717) is 50.5 Å². The number of halogens is 4. The molecule has 2 fully saturated rings. The molecule has 4 rings (SSSR count). The highest BCUT2D eigenvalue weighted by Crippen LogP contribution is 2.45. The minimum absolute atomic E-state index is 0.00244. The first kappa shape index (κ1) is 24.0. The number of alkyl halides is 3. The molecule has 2 aromatic carbocycles. The monoisotopic (exact) mass is 475 g/mol. The van der Waals surface area contributed by atoms with Crippen LogP contribution in [0.4, 0.5) is 23.2 Å². The lowest BCUT2D eigenvalue weighted by molar-refractivity contribution is -0.137. The van der Waals surface area contributed by atoms with Crippen molar-refractivity contribution in [3.05, 3.63) is 65.0 Å². The normalized spacial score (nSPS) is 22.4. The SMILES string of the molecule is COC[C@@]12CCN(c3ccc(C#N)c(C(F)(F)F)c3)C[C@@H]1CN(C(=O)Cc1cccc(F)c1)C2. The maximum atomic E-state index is 13.5. The number of amides is 1. The Balaban J connectivity index is 1.53. The van der Waals surface area contributed by atoms with E-state index < -0.39 is 23.1 Å². The third kappa shape index (κ3) is 4.73. The van der Waals surface area contributed by atoms with Crippen LogP contribution in [0, 0.1) is 28.5 Å². The highest BCUT2D eigenvalue weighted by atomic mass is 19.4. The molecule has 180 valence electrons. The molecule has 0 N–H and O–H groups in total. The van der Waals surface area contributed by atoms with E-state index in [0.717, 1.165) is 6.07 Å². The average molecular weight is 475 g/mol. The van der Waals surface area contributed by atoms with Crippen LogP contribution in [0.2, 0.25) is 0 Å². The number of benzene rings is 2. The zero-order valence-corrected chi connectivity index (χ0v) is 18.7. The summed E-state index contributed by atoms with van der Waals surface area (Å²) in [6.45, 7) is 2.37. The predicted octanol–water partition coefficient (Wildman–Crippen LogP) is 4.26. The van der Waals surface area contributed by atoms with Crippen LogP contribution >= 0.6 is 0 Å². The molecule has 2 atom stereocenters. The molecule has 1 amide bonds. The summed E-state index contributed by atoms with van der Waals surface area (Å²) in [6.07, 6.45) is -3.89. The topological polar surface area (TPSA) is 56.6 Å². The van der Waals surface area contributed by atoms with Crippen molar-refractivity contribution in [2.24, 2.45) is 11.3 Å². The fourth-order valence-electron chi connectivity index (χ4n) is 5.22. The molecular formula is C25H25F4N3O2. The fraction of sp³-hybridized carbons (Fsp3) is 0.440. The molecule has 0 bridgehead atoms. The summed E-state index contributed by atoms with van der Waals surface area (Å²) < 4.78 is 59.4. The van der Waals surface area contributed by atoms with Gasteiger partial charge in [-0.2, -0.15) is 18.4 Å². The van der Waals surface area contributed by atoms with Crippen LogP contribution in [-0.4, -0.2) is 50.7 Å². The minimum atomic E-state index is -4.62. The van der Waals surface area contributed by atoms with E-state index in [1.54, 1.807) is 36.3 Å². The molecule has 2 aromatic rings. The lowest BCUT2D eigenvalue weighted by atomic mass is 9.73. The standard InChI is InChI=1S/C25H25F4N3O2/c1-34-16-24-7-8-31(21-6-5-18(12-30)22(11-21)25(27,28)29)13-19(24)14-32(15-24)23(33)10-17-3-2-4-20(26)9-17/h2-6,9,11,19H,7-8,10,13-16H2,1H3/t19-,24+/m1/s1. The number of anilines is 1. The molecule has 0 aliphatic carbocycles. The lowest BCUT2D eigenvalue weighted by Gasteiger charge is -2.44. The van der Waals surface area contributed by atoms with Crippen LogP contribution in [0.3, 0.4) is 0 Å². The molecule has 5 nitrogen and oxygen atoms in total. The van der Waals surface area contributed by atoms with E-state index >= 15 is 0 Å². The maximum absolute atomic E-state index is 13.5. The van der Waals surface area contributed by atoms with Gasteiger partial charge in [-0.3, -0.25) is 4.79 Å². The zero-order chi connectivity index (χ0) is 24.5. The van der Waals surface area contributed by atoms with E-state index in [9.17, 15) is 22.4 Å². The minimum Gasteiger partial charge on any atom is -0.384 e. The second-order valence-corrected chi connectivity index (χ2v) is 9.11. The summed E-state index contributed by atoms with van der Waals surface area (Å²) in [7, 11) is 1.60. The van der Waals surface area contributed by atoms with E-state index in [-0.39, 0.29) is 23.7 Å². The van der Waals surface area contributed by atoms with Crippen molar-refractivity contribution in [2.75, 3.05) is 44.8 Å². The Morgan fingerprint density at radius 3 is 2.71 bits per heavy atom. The lowest BCUT2D eigenvalue weighted by Crippen LogP contribution is -2.49. The third-order valence-electron chi connectivity index (χ3n) is 6.96. The number of piperidine rings is 1. The van der Waals surface area contributed by atoms with Gasteiger partial charge in [-0.25, -0.2) is 4.39 Å². The Morgan fingerprint density at radius 1 is 1.24 bits per heavy atom. The number of nitrogens with zero attached hydrogens (tertiary/aromatic N) is 3. The highest BCUT2D eigenvalue weighted by Gasteiger charge is 2.50. The Kier molecular flexibility index (Phi) is 6.54. The zero-order valence-electron chi connectivity index (χ0n) is 18.7. The summed E-state index contributed by atoms with van der Waals surface area (Å²) in [6, 6.07) is 11.3. The number of carbonyl (C=O) groups is 1. The second kappa shape index (κ2) is 9.26. The fourth-order valence-corrected chi connectivity index (χ4v) is 5.22. The van der Waals surface area contributed by atoms with E-state index in [4.69, 9.17) is 10.00 Å². The Labute approximate surface area is 195 Å². The number of nitriles is 1. The maximum Gasteiger partial charge on any atom is 0.417 e. The highest BCUT2D eigenvalue weighted by molar-refractivity contribution is 5.79. The van der Waals surface area contributed by atoms with Crippen LogP contribution in [0.25, 0.3) is 0 Å². The van der Waals surface area contributed by atoms with E-state index in [1.165, 1.54) is 18.2 Å². The first-order valence-electron chi connectivity index (χ1n) is 11.0. The molecule has 0 radical (unpaired) electrons. The van der Waals surface area contributed by atoms with Gasteiger partial charge in [0.25, 0.3) is 0 Å². The molecule has 2 heterocycles. The Hall–Kier alpha value is -3.12. The Morgan fingerprint density at radius 2 is 2.03 bits per heavy atom. The van der Waals surface area contributed by atoms with Crippen LogP contribution in [0.5, 0.6) is 0 Å². The van der Waals surface area contributed by atoms with Gasteiger partial charge in [0.1, 0.15) is 5.82 Å². The summed E-state index contributed by atoms with van der Waals surface area (Å²) >= 11 is 0.